The number of likely N-dealkylation sites (N-methyl/N-ethyl adjacent to an activating group) is 1. The predicted octanol–water partition coefficient (Wildman–Crippen LogP) is 2.40. The van der Waals surface area contributed by atoms with Crippen molar-refractivity contribution in [3.8, 4) is 16.9 Å². The lowest BCUT2D eigenvalue weighted by atomic mass is 9.57. The number of phenols is 1. The van der Waals surface area contributed by atoms with Crippen molar-refractivity contribution in [3.63, 3.8) is 0 Å². The van der Waals surface area contributed by atoms with Gasteiger partial charge in [-0.15, -0.1) is 0 Å². The van der Waals surface area contributed by atoms with Crippen molar-refractivity contribution < 1.29 is 34.8 Å². The van der Waals surface area contributed by atoms with Gasteiger partial charge in [0.05, 0.1) is 21.7 Å². The fourth-order valence-electron chi connectivity index (χ4n) is 6.44. The van der Waals surface area contributed by atoms with Gasteiger partial charge in [0.1, 0.15) is 22.8 Å². The largest absolute Gasteiger partial charge is 0.508 e. The lowest BCUT2D eigenvalue weighted by Crippen LogP contribution is -2.65. The van der Waals surface area contributed by atoms with Crippen LogP contribution < -0.4 is 11.5 Å². The Bertz CT molecular complexity index is 1580. The van der Waals surface area contributed by atoms with Crippen LogP contribution in [0.3, 0.4) is 0 Å². The molecule has 1 saturated carbocycles. The Morgan fingerprint density at radius 1 is 1.12 bits per heavy atom. The van der Waals surface area contributed by atoms with Gasteiger partial charge in [0.2, 0.25) is 5.78 Å². The van der Waals surface area contributed by atoms with Crippen molar-refractivity contribution in [1.82, 2.24) is 4.90 Å². The second kappa shape index (κ2) is 9.60. The van der Waals surface area contributed by atoms with E-state index >= 15 is 0 Å². The number of nitrogens with two attached hydrogens (primary N) is 2. The summed E-state index contributed by atoms with van der Waals surface area (Å²) in [6.07, 6.45) is 0.106. The van der Waals surface area contributed by atoms with Crippen molar-refractivity contribution in [2.75, 3.05) is 14.1 Å². The first-order valence-electron chi connectivity index (χ1n) is 12.4. The van der Waals surface area contributed by atoms with Gasteiger partial charge in [-0.2, -0.15) is 0 Å². The van der Waals surface area contributed by atoms with Crippen LogP contribution in [0, 0.1) is 11.8 Å². The highest BCUT2D eigenvalue weighted by Crippen LogP contribution is 2.54. The molecule has 8 N–H and O–H groups in total. The first-order chi connectivity index (χ1) is 18.7. The van der Waals surface area contributed by atoms with E-state index in [1.165, 1.54) is 4.90 Å². The average molecular weight is 588 g/mol. The minimum absolute atomic E-state index is 0.0218. The molecule has 0 saturated heterocycles. The van der Waals surface area contributed by atoms with E-state index in [4.69, 9.17) is 34.7 Å². The summed E-state index contributed by atoms with van der Waals surface area (Å²) in [5, 5.41) is 45.9. The number of carbonyl (C=O) groups is 3. The number of benzene rings is 2. The molecular weight excluding hydrogens is 561 g/mol. The van der Waals surface area contributed by atoms with Crippen LogP contribution in [0.2, 0.25) is 10.0 Å². The van der Waals surface area contributed by atoms with E-state index in [1.807, 2.05) is 0 Å². The van der Waals surface area contributed by atoms with Crippen LogP contribution in [0.25, 0.3) is 16.9 Å². The number of phenolic OH excluding ortho intramolecular Hbond substituents is 1. The summed E-state index contributed by atoms with van der Waals surface area (Å²) < 4.78 is 0. The Hall–Kier alpha value is -3.41. The molecule has 3 aliphatic carbocycles. The van der Waals surface area contributed by atoms with Crippen molar-refractivity contribution in [2.24, 2.45) is 23.3 Å². The molecule has 2 aromatic rings. The van der Waals surface area contributed by atoms with Crippen LogP contribution >= 0.6 is 23.2 Å². The Morgan fingerprint density at radius 2 is 1.80 bits per heavy atom. The Kier molecular flexibility index (Phi) is 6.75. The zero-order valence-corrected chi connectivity index (χ0v) is 23.0. The predicted molar refractivity (Wildman–Crippen MR) is 148 cm³/mol. The van der Waals surface area contributed by atoms with E-state index in [9.17, 15) is 34.8 Å². The molecule has 0 aromatic heterocycles. The maximum absolute atomic E-state index is 14.0. The number of nitrogens with zero attached hydrogens (tertiary/aromatic N) is 1. The van der Waals surface area contributed by atoms with Gasteiger partial charge in [-0.3, -0.25) is 19.3 Å². The number of aliphatic hydroxyl groups excluding tert-OH is 2. The van der Waals surface area contributed by atoms with Crippen molar-refractivity contribution in [2.45, 2.75) is 31.0 Å². The summed E-state index contributed by atoms with van der Waals surface area (Å²) in [6.45, 7) is -0.0996. The monoisotopic (exact) mass is 587 g/mol. The maximum atomic E-state index is 14.0. The second-order valence-electron chi connectivity index (χ2n) is 10.6. The maximum Gasteiger partial charge on any atom is 0.255 e. The van der Waals surface area contributed by atoms with Crippen molar-refractivity contribution in [1.29, 1.82) is 0 Å². The molecule has 210 valence electrons. The average Bonchev–Trinajstić information content (AvgIpc) is 2.87. The molecule has 12 heteroatoms. The zero-order chi connectivity index (χ0) is 29.4. The fourth-order valence-corrected chi connectivity index (χ4v) is 6.74. The molecule has 1 amide bonds. The van der Waals surface area contributed by atoms with Crippen LogP contribution in [-0.4, -0.2) is 68.5 Å². The van der Waals surface area contributed by atoms with Crippen LogP contribution in [0.5, 0.6) is 5.75 Å². The number of halogens is 2. The number of aromatic hydroxyl groups is 1. The van der Waals surface area contributed by atoms with E-state index in [2.05, 4.69) is 0 Å². The van der Waals surface area contributed by atoms with Gasteiger partial charge in [0.15, 0.2) is 11.4 Å². The van der Waals surface area contributed by atoms with Gasteiger partial charge in [-0.05, 0) is 67.7 Å². The van der Waals surface area contributed by atoms with E-state index in [0.29, 0.717) is 21.7 Å². The molecule has 0 radical (unpaired) electrons. The normalized spacial score (nSPS) is 26.1. The van der Waals surface area contributed by atoms with Crippen LogP contribution in [0.4, 0.5) is 0 Å². The third-order valence-corrected chi connectivity index (χ3v) is 8.99. The molecule has 0 bridgehead atoms. The molecular formula is C28H27Cl2N3O7. The molecule has 0 heterocycles. The third kappa shape index (κ3) is 3.78. The van der Waals surface area contributed by atoms with E-state index < -0.39 is 58.0 Å². The summed E-state index contributed by atoms with van der Waals surface area (Å²) >= 11 is 12.4. The lowest BCUT2D eigenvalue weighted by Gasteiger charge is -2.50. The van der Waals surface area contributed by atoms with E-state index in [-0.39, 0.29) is 46.9 Å². The number of ketones is 2. The standard InChI is InChI=1S/C28H27Cl2N3O7/c1-33(2)21-15-7-11-5-14-13(10-3-4-16(29)17(30)8-10)6-12(9-31)22(34)19(14)23(35)18(11)25(37)28(15,40)26(38)20(24(21)36)27(32)39/h3-4,6,8,11,15,21,34-35,38,40H,5,7,9,31H2,1-2H3,(H2,32,39)/t11-,15-,21+,28-/m0/s1. The highest BCUT2D eigenvalue weighted by Gasteiger charge is 2.64. The van der Waals surface area contributed by atoms with Gasteiger partial charge in [0, 0.05) is 23.6 Å². The molecule has 4 atom stereocenters. The fraction of sp³-hybridized carbons (Fsp3) is 0.321. The number of fused-ring (bicyclic) bond motifs is 3. The highest BCUT2D eigenvalue weighted by atomic mass is 35.5. The van der Waals surface area contributed by atoms with Crippen molar-refractivity contribution >= 4 is 46.4 Å². The molecule has 0 spiro atoms. The molecule has 3 aliphatic rings. The van der Waals surface area contributed by atoms with Gasteiger partial charge in [0.25, 0.3) is 5.91 Å². The Balaban J connectivity index is 1.78. The zero-order valence-electron chi connectivity index (χ0n) is 21.5. The number of amides is 1. The number of hydrogen-bond donors (Lipinski definition) is 6. The summed E-state index contributed by atoms with van der Waals surface area (Å²) in [4.78, 5) is 40.8. The van der Waals surface area contributed by atoms with Crippen LogP contribution in [-0.2, 0) is 27.3 Å². The first-order valence-corrected chi connectivity index (χ1v) is 13.2. The van der Waals surface area contributed by atoms with Gasteiger partial charge in [-0.1, -0.05) is 29.3 Å². The quantitative estimate of drug-likeness (QED) is 0.292. The molecule has 0 aliphatic heterocycles. The van der Waals surface area contributed by atoms with E-state index in [0.717, 1.165) is 0 Å². The molecule has 2 aromatic carbocycles. The first kappa shape index (κ1) is 28.1. The van der Waals surface area contributed by atoms with E-state index in [1.54, 1.807) is 38.4 Å². The Labute approximate surface area is 239 Å². The minimum Gasteiger partial charge on any atom is -0.508 e. The topological polar surface area (TPSA) is 187 Å². The highest BCUT2D eigenvalue weighted by molar-refractivity contribution is 6.42. The number of Topliss-reactive ketones (excluding diaryl/α,β-unsaturated/α-hetero) is 2. The molecule has 0 unspecified atom stereocenters. The van der Waals surface area contributed by atoms with Crippen LogP contribution in [0.1, 0.15) is 23.1 Å². The number of aliphatic hydroxyl groups is 3. The number of carbonyl (C=O) groups excluding carboxylic acids is 3. The molecule has 10 nitrogen and oxygen atoms in total. The summed E-state index contributed by atoms with van der Waals surface area (Å²) in [5.41, 5.74) is 9.38. The smallest absolute Gasteiger partial charge is 0.255 e. The van der Waals surface area contributed by atoms with Gasteiger partial charge < -0.3 is 31.9 Å². The van der Waals surface area contributed by atoms with Gasteiger partial charge >= 0.3 is 0 Å². The van der Waals surface area contributed by atoms with Crippen LogP contribution in [0.15, 0.2) is 41.2 Å². The van der Waals surface area contributed by atoms with Crippen molar-refractivity contribution in [3.05, 3.63) is 67.9 Å². The molecule has 5 rings (SSSR count). The summed E-state index contributed by atoms with van der Waals surface area (Å²) in [5.74, 6) is -7.14. The third-order valence-electron chi connectivity index (χ3n) is 8.25. The Morgan fingerprint density at radius 3 is 2.38 bits per heavy atom. The summed E-state index contributed by atoms with van der Waals surface area (Å²) in [6, 6.07) is 5.47. The summed E-state index contributed by atoms with van der Waals surface area (Å²) in [7, 11) is 3.09. The number of primary amides is 1. The molecule has 1 fully saturated rings. The van der Waals surface area contributed by atoms with Gasteiger partial charge in [-0.25, -0.2) is 0 Å². The molecule has 40 heavy (non-hydrogen) atoms. The SMILES string of the molecule is CN(C)[C@H]1C(=O)C(C(N)=O)=C(O)[C@@]2(O)C(=O)C3=C(O)c4c(O)c(CN)cc(-c5ccc(Cl)c(Cl)c5)c4C[C@H]3C[C@@H]12. The lowest BCUT2D eigenvalue weighted by molar-refractivity contribution is -0.153. The second-order valence-corrected chi connectivity index (χ2v) is 11.4. The number of rotatable bonds is 4. The minimum atomic E-state index is -2.71. The number of hydrogen-bond acceptors (Lipinski definition) is 9.